The van der Waals surface area contributed by atoms with Crippen molar-refractivity contribution in [3.8, 4) is 0 Å². The van der Waals surface area contributed by atoms with E-state index < -0.39 is 18.0 Å². The van der Waals surface area contributed by atoms with Gasteiger partial charge in [0.25, 0.3) is 0 Å². The second-order valence-electron chi connectivity index (χ2n) is 3.90. The molecule has 0 fully saturated rings. The monoisotopic (exact) mass is 330 g/mol. The van der Waals surface area contributed by atoms with Crippen molar-refractivity contribution in [3.05, 3.63) is 28.2 Å². The second-order valence-corrected chi connectivity index (χ2v) is 4.75. The summed E-state index contributed by atoms with van der Waals surface area (Å²) in [4.78, 5) is 21.6. The molecule has 0 spiro atoms. The Hall–Kier alpha value is -1.60. The van der Waals surface area contributed by atoms with E-state index >= 15 is 0 Å². The fourth-order valence-corrected chi connectivity index (χ4v) is 1.99. The number of primary amides is 1. The number of carboxylic acids is 1. The molecule has 0 aliphatic carbocycles. The summed E-state index contributed by atoms with van der Waals surface area (Å²) >= 11 is 3.31. The maximum absolute atomic E-state index is 11.0. The number of amides is 1. The van der Waals surface area contributed by atoms with Gasteiger partial charge in [-0.05, 0) is 34.1 Å². The molecular formula is C12H15BrN2O4. The summed E-state index contributed by atoms with van der Waals surface area (Å²) in [5.41, 5.74) is 6.29. The highest BCUT2D eigenvalue weighted by Crippen LogP contribution is 2.23. The van der Waals surface area contributed by atoms with Crippen molar-refractivity contribution in [2.45, 2.75) is 12.5 Å². The number of anilines is 1. The highest BCUT2D eigenvalue weighted by Gasteiger charge is 2.13. The molecule has 1 unspecified atom stereocenters. The van der Waals surface area contributed by atoms with Gasteiger partial charge in [-0.2, -0.15) is 0 Å². The van der Waals surface area contributed by atoms with Gasteiger partial charge in [-0.3, -0.25) is 9.59 Å². The lowest BCUT2D eigenvalue weighted by molar-refractivity contribution is -0.139. The molecule has 104 valence electrons. The molecule has 6 nitrogen and oxygen atoms in total. The Balaban J connectivity index is 2.67. The van der Waals surface area contributed by atoms with Crippen molar-refractivity contribution in [1.29, 1.82) is 0 Å². The van der Waals surface area contributed by atoms with E-state index in [0.717, 1.165) is 5.69 Å². The number of hydrogen-bond donors (Lipinski definition) is 3. The van der Waals surface area contributed by atoms with Gasteiger partial charge in [0.05, 0.1) is 12.5 Å². The first-order valence-corrected chi connectivity index (χ1v) is 6.31. The lowest BCUT2D eigenvalue weighted by Crippen LogP contribution is -2.25. The third-order valence-corrected chi connectivity index (χ3v) is 3.17. The number of methoxy groups -OCH3 is 1. The van der Waals surface area contributed by atoms with Crippen LogP contribution in [0.4, 0.5) is 5.69 Å². The van der Waals surface area contributed by atoms with Crippen LogP contribution in [0.3, 0.4) is 0 Å². The number of aliphatic carboxylic acids is 1. The molecule has 1 amide bonds. The average Bonchev–Trinajstić information content (AvgIpc) is 2.34. The summed E-state index contributed by atoms with van der Waals surface area (Å²) in [7, 11) is 1.46. The number of halogens is 1. The normalized spacial score (nSPS) is 11.9. The van der Waals surface area contributed by atoms with Crippen LogP contribution in [0, 0.1) is 0 Å². The molecular weight excluding hydrogens is 316 g/mol. The van der Waals surface area contributed by atoms with E-state index in [0.29, 0.717) is 16.6 Å². The summed E-state index contributed by atoms with van der Waals surface area (Å²) in [5.74, 6) is -1.43. The van der Waals surface area contributed by atoms with Crippen LogP contribution in [-0.2, 0) is 9.53 Å². The zero-order valence-electron chi connectivity index (χ0n) is 10.4. The van der Waals surface area contributed by atoms with Crippen LogP contribution < -0.4 is 11.1 Å². The summed E-state index contributed by atoms with van der Waals surface area (Å²) in [6.07, 6.45) is -0.513. The van der Waals surface area contributed by atoms with E-state index in [1.807, 2.05) is 0 Å². The summed E-state index contributed by atoms with van der Waals surface area (Å²) < 4.78 is 5.73. The predicted molar refractivity (Wildman–Crippen MR) is 74.2 cm³/mol. The molecule has 1 atom stereocenters. The number of ether oxygens (including phenoxy) is 1. The van der Waals surface area contributed by atoms with Crippen molar-refractivity contribution in [2.75, 3.05) is 19.0 Å². The van der Waals surface area contributed by atoms with Crippen molar-refractivity contribution >= 4 is 33.5 Å². The molecule has 0 aliphatic rings. The maximum Gasteiger partial charge on any atom is 0.306 e. The van der Waals surface area contributed by atoms with Crippen molar-refractivity contribution < 1.29 is 19.4 Å². The second kappa shape index (κ2) is 7.10. The summed E-state index contributed by atoms with van der Waals surface area (Å²) in [5, 5.41) is 11.7. The third-order valence-electron chi connectivity index (χ3n) is 2.51. The molecule has 1 aromatic carbocycles. The average molecular weight is 331 g/mol. The van der Waals surface area contributed by atoms with E-state index in [4.69, 9.17) is 15.6 Å². The Morgan fingerprint density at radius 1 is 1.53 bits per heavy atom. The van der Waals surface area contributed by atoms with Gasteiger partial charge in [0.15, 0.2) is 0 Å². The molecule has 0 heterocycles. The zero-order valence-corrected chi connectivity index (χ0v) is 11.9. The van der Waals surface area contributed by atoms with Crippen molar-refractivity contribution in [3.63, 3.8) is 0 Å². The van der Waals surface area contributed by atoms with Crippen LogP contribution in [0.1, 0.15) is 16.8 Å². The topological polar surface area (TPSA) is 102 Å². The first-order chi connectivity index (χ1) is 8.93. The third kappa shape index (κ3) is 4.88. The van der Waals surface area contributed by atoms with Crippen LogP contribution in [0.25, 0.3) is 0 Å². The van der Waals surface area contributed by atoms with E-state index in [9.17, 15) is 9.59 Å². The largest absolute Gasteiger partial charge is 0.481 e. The molecule has 0 aliphatic heterocycles. The molecule has 0 radical (unpaired) electrons. The predicted octanol–water partition coefficient (Wildman–Crippen LogP) is 1.45. The number of nitrogens with two attached hydrogens (primary N) is 1. The van der Waals surface area contributed by atoms with Gasteiger partial charge in [0, 0.05) is 29.4 Å². The van der Waals surface area contributed by atoms with Crippen LogP contribution in [-0.4, -0.2) is 36.7 Å². The summed E-state index contributed by atoms with van der Waals surface area (Å²) in [6, 6.07) is 4.88. The fraction of sp³-hybridized carbons (Fsp3) is 0.333. The van der Waals surface area contributed by atoms with E-state index in [2.05, 4.69) is 21.2 Å². The highest BCUT2D eigenvalue weighted by atomic mass is 79.9. The van der Waals surface area contributed by atoms with Crippen molar-refractivity contribution in [1.82, 2.24) is 0 Å². The molecule has 0 aromatic heterocycles. The Bertz CT molecular complexity index is 479. The quantitative estimate of drug-likeness (QED) is 0.702. The molecule has 4 N–H and O–H groups in total. The number of benzene rings is 1. The number of carboxylic acid groups (broad SMARTS) is 1. The van der Waals surface area contributed by atoms with Gasteiger partial charge < -0.3 is 20.9 Å². The SMILES string of the molecule is COC(CNc1ccc(C(N)=O)cc1Br)CC(=O)O. The van der Waals surface area contributed by atoms with Crippen LogP contribution >= 0.6 is 15.9 Å². The first-order valence-electron chi connectivity index (χ1n) is 5.52. The standard InChI is InChI=1S/C12H15BrN2O4/c1-19-8(5-11(16)17)6-15-10-3-2-7(12(14)18)4-9(10)13/h2-4,8,15H,5-6H2,1H3,(H2,14,18)(H,16,17). The molecule has 19 heavy (non-hydrogen) atoms. The van der Waals surface area contributed by atoms with Gasteiger partial charge in [-0.25, -0.2) is 0 Å². The minimum Gasteiger partial charge on any atom is -0.481 e. The number of carbonyl (C=O) groups is 2. The zero-order chi connectivity index (χ0) is 14.4. The Labute approximate surface area is 119 Å². The van der Waals surface area contributed by atoms with E-state index in [1.165, 1.54) is 7.11 Å². The van der Waals surface area contributed by atoms with Gasteiger partial charge in [-0.1, -0.05) is 0 Å². The number of rotatable bonds is 7. The van der Waals surface area contributed by atoms with Gasteiger partial charge in [-0.15, -0.1) is 0 Å². The molecule has 0 saturated heterocycles. The molecule has 0 bridgehead atoms. The number of nitrogens with one attached hydrogen (secondary N) is 1. The molecule has 7 heteroatoms. The minimum absolute atomic E-state index is 0.0828. The van der Waals surface area contributed by atoms with Crippen LogP contribution in [0.2, 0.25) is 0 Å². The fourth-order valence-electron chi connectivity index (χ4n) is 1.47. The highest BCUT2D eigenvalue weighted by molar-refractivity contribution is 9.10. The Morgan fingerprint density at radius 3 is 2.68 bits per heavy atom. The summed E-state index contributed by atoms with van der Waals surface area (Å²) in [6.45, 7) is 0.345. The number of carbonyl (C=O) groups excluding carboxylic acids is 1. The van der Waals surface area contributed by atoms with E-state index in [1.54, 1.807) is 18.2 Å². The Morgan fingerprint density at radius 2 is 2.21 bits per heavy atom. The van der Waals surface area contributed by atoms with E-state index in [-0.39, 0.29) is 6.42 Å². The van der Waals surface area contributed by atoms with Gasteiger partial charge >= 0.3 is 5.97 Å². The van der Waals surface area contributed by atoms with Gasteiger partial charge in [0.1, 0.15) is 0 Å². The molecule has 0 saturated carbocycles. The van der Waals surface area contributed by atoms with Gasteiger partial charge in [0.2, 0.25) is 5.91 Å². The maximum atomic E-state index is 11.0. The first kappa shape index (κ1) is 15.5. The molecule has 1 rings (SSSR count). The lowest BCUT2D eigenvalue weighted by Gasteiger charge is -2.16. The minimum atomic E-state index is -0.920. The van der Waals surface area contributed by atoms with Crippen molar-refractivity contribution in [2.24, 2.45) is 5.73 Å². The Kier molecular flexibility index (Phi) is 5.78. The van der Waals surface area contributed by atoms with Crippen LogP contribution in [0.15, 0.2) is 22.7 Å². The van der Waals surface area contributed by atoms with Crippen LogP contribution in [0.5, 0.6) is 0 Å². The molecule has 1 aromatic rings. The number of hydrogen-bond acceptors (Lipinski definition) is 4. The lowest BCUT2D eigenvalue weighted by atomic mass is 10.2. The smallest absolute Gasteiger partial charge is 0.306 e.